The highest BCUT2D eigenvalue weighted by Crippen LogP contribution is 2.61. The third-order valence-corrected chi connectivity index (χ3v) is 21.9. The summed E-state index contributed by atoms with van der Waals surface area (Å²) in [5.41, 5.74) is 40.5. The molecule has 0 fully saturated rings. The molecule has 4 aromatic heterocycles. The van der Waals surface area contributed by atoms with E-state index in [4.69, 9.17) is 0 Å². The van der Waals surface area contributed by atoms with Crippen LogP contribution in [0.1, 0.15) is 68.9 Å². The van der Waals surface area contributed by atoms with Crippen LogP contribution in [0.2, 0.25) is 0 Å². The molecule has 24 rings (SSSR count). The molecule has 0 bridgehead atoms. The van der Waals surface area contributed by atoms with Gasteiger partial charge in [0.05, 0.1) is 57.6 Å². The van der Waals surface area contributed by atoms with Gasteiger partial charge in [0.25, 0.3) is 0 Å². The summed E-state index contributed by atoms with van der Waals surface area (Å²) in [6.07, 6.45) is 10.6. The van der Waals surface area contributed by atoms with Crippen molar-refractivity contribution in [2.24, 2.45) is 0 Å². The molecule has 16 aromatic rings. The molecule has 8 nitrogen and oxygen atoms in total. The van der Waals surface area contributed by atoms with E-state index in [1.807, 2.05) is 0 Å². The topological polar surface area (TPSA) is 65.3 Å². The van der Waals surface area contributed by atoms with Gasteiger partial charge in [-0.3, -0.25) is 0 Å². The van der Waals surface area contributed by atoms with Crippen LogP contribution in [0, 0.1) is 0 Å². The zero-order valence-electron chi connectivity index (χ0n) is 54.5. The molecule has 8 aliphatic rings. The number of para-hydroxylation sites is 9. The number of nitrogens with zero attached hydrogens (tertiary/aromatic N) is 5. The van der Waals surface area contributed by atoms with Gasteiger partial charge in [-0.05, 0) is 123 Å². The van der Waals surface area contributed by atoms with Gasteiger partial charge in [-0.1, -0.05) is 237 Å². The number of aromatic nitrogens is 4. The van der Waals surface area contributed by atoms with Crippen molar-refractivity contribution < 1.29 is 0 Å². The van der Waals surface area contributed by atoms with Crippen LogP contribution in [0.15, 0.2) is 346 Å². The minimum atomic E-state index is 0.186. The number of hydrogen-bond donors (Lipinski definition) is 3. The third kappa shape index (κ3) is 8.16. The normalized spacial score (nSPS) is 16.3. The number of H-pyrrole nitrogens is 3. The lowest BCUT2D eigenvalue weighted by molar-refractivity contribution is 0.724. The van der Waals surface area contributed by atoms with E-state index in [1.54, 1.807) is 0 Å². The van der Waals surface area contributed by atoms with Gasteiger partial charge in [0.15, 0.2) is 0 Å². The van der Waals surface area contributed by atoms with Crippen LogP contribution < -0.4 is 19.6 Å². The van der Waals surface area contributed by atoms with Gasteiger partial charge in [-0.2, -0.15) is 0 Å². The molecular formula is C92H64N8. The zero-order valence-corrected chi connectivity index (χ0v) is 54.5. The molecule has 472 valence electrons. The number of aromatic amines is 3. The smallest absolute Gasteiger partial charge is 0.101 e. The van der Waals surface area contributed by atoms with E-state index in [2.05, 4.69) is 386 Å². The molecule has 12 heterocycles. The zero-order chi connectivity index (χ0) is 65.5. The van der Waals surface area contributed by atoms with Gasteiger partial charge >= 0.3 is 0 Å². The first-order valence-electron chi connectivity index (χ1n) is 34.7. The molecule has 4 atom stereocenters. The SMILES string of the molecule is c1ccc2c(c1)-c1ccccc1N1c3ccccc3-c3[nH]ccc3C21.c1ccc2c(c1)-c1ccccc1N1c3ccccc3-c3c[nH]cc3C21.c1ccc2c(c1)-c1ccccc1N1c3ccccc3-c3cc[nH]c3C21.c1ccc2c(c1)-c1ccccc1N1c3ccccc3-n3cccc3C21. The summed E-state index contributed by atoms with van der Waals surface area (Å²) < 4.78 is 2.33. The van der Waals surface area contributed by atoms with Crippen LogP contribution in [0.3, 0.4) is 0 Å². The van der Waals surface area contributed by atoms with Crippen LogP contribution in [0.4, 0.5) is 45.5 Å². The van der Waals surface area contributed by atoms with E-state index < -0.39 is 0 Å². The van der Waals surface area contributed by atoms with E-state index >= 15 is 0 Å². The second-order valence-corrected chi connectivity index (χ2v) is 26.8. The quantitative estimate of drug-likeness (QED) is 0.142. The lowest BCUT2D eigenvalue weighted by atomic mass is 9.80. The molecular weight excluding hydrogens is 1220 g/mol. The molecule has 3 N–H and O–H groups in total. The fraction of sp³-hybridized carbons (Fsp3) is 0.0435. The van der Waals surface area contributed by atoms with Crippen LogP contribution in [-0.2, 0) is 0 Å². The van der Waals surface area contributed by atoms with E-state index in [9.17, 15) is 0 Å². The summed E-state index contributed by atoms with van der Waals surface area (Å²) in [5, 5.41) is 0. The highest BCUT2D eigenvalue weighted by atomic mass is 15.3. The van der Waals surface area contributed by atoms with Crippen LogP contribution in [-0.4, -0.2) is 19.5 Å². The number of fused-ring (bicyclic) bond motifs is 44. The molecule has 8 heteroatoms. The Bertz CT molecular complexity index is 5210. The maximum Gasteiger partial charge on any atom is 0.101 e. The summed E-state index contributed by atoms with van der Waals surface area (Å²) in [4.78, 5) is 20.3. The Kier molecular flexibility index (Phi) is 12.5. The van der Waals surface area contributed by atoms with Gasteiger partial charge in [0, 0.05) is 115 Å². The second-order valence-electron chi connectivity index (χ2n) is 26.8. The largest absolute Gasteiger partial charge is 0.367 e. The number of rotatable bonds is 0. The highest BCUT2D eigenvalue weighted by Gasteiger charge is 2.44. The van der Waals surface area contributed by atoms with Crippen molar-refractivity contribution in [2.45, 2.75) is 24.2 Å². The lowest BCUT2D eigenvalue weighted by Gasteiger charge is -2.44. The van der Waals surface area contributed by atoms with Crippen molar-refractivity contribution in [1.82, 2.24) is 19.5 Å². The van der Waals surface area contributed by atoms with Crippen molar-refractivity contribution in [3.8, 4) is 83.7 Å². The van der Waals surface area contributed by atoms with Gasteiger partial charge in [-0.15, -0.1) is 0 Å². The minimum absolute atomic E-state index is 0.186. The van der Waals surface area contributed by atoms with E-state index in [-0.39, 0.29) is 24.2 Å². The van der Waals surface area contributed by atoms with Crippen molar-refractivity contribution >= 4 is 45.5 Å². The average Bonchev–Trinajstić information content (AvgIpc) is 1.01. The summed E-state index contributed by atoms with van der Waals surface area (Å²) >= 11 is 0. The summed E-state index contributed by atoms with van der Waals surface area (Å²) in [7, 11) is 0. The Hall–Kier alpha value is -13.0. The summed E-state index contributed by atoms with van der Waals surface area (Å²) in [6, 6.07) is 115. The molecule has 12 aromatic carbocycles. The molecule has 4 unspecified atom stereocenters. The standard InChI is InChI=1S/4C23H16N2/c1-2-10-18-15(7-1)16-8-3-5-11-21(16)25-22-12-6-4-9-17(22)19-13-24-14-20(19)23(18)25;1-2-10-19-15(7-1)16-8-3-5-11-20(16)25-21-12-6-4-9-17(21)18-13-14-24-22(18)23(19)25;1-2-9-17-15(7-1)16-8-3-5-11-20(16)25-21-12-6-4-10-18(21)22-19(23(17)25)13-14-24-22;1-2-10-18-16(8-1)17-9-3-4-11-19(17)25-21-13-6-5-12-20(21)24-15-7-14-22(24)23(18)25/h3*1-14,23-24H;1-15,23H. The Morgan fingerprint density at radius 3 is 1.04 bits per heavy atom. The predicted octanol–water partition coefficient (Wildman–Crippen LogP) is 23.4. The van der Waals surface area contributed by atoms with Gasteiger partial charge in [0.2, 0.25) is 0 Å². The highest BCUT2D eigenvalue weighted by molar-refractivity contribution is 6.01. The molecule has 0 radical (unpaired) electrons. The first-order chi connectivity index (χ1) is 49.7. The predicted molar refractivity (Wildman–Crippen MR) is 408 cm³/mol. The molecule has 8 aliphatic heterocycles. The van der Waals surface area contributed by atoms with Crippen LogP contribution >= 0.6 is 0 Å². The van der Waals surface area contributed by atoms with Crippen molar-refractivity contribution in [1.29, 1.82) is 0 Å². The average molecular weight is 1280 g/mol. The fourth-order valence-corrected chi connectivity index (χ4v) is 17.9. The number of anilines is 8. The summed E-state index contributed by atoms with van der Waals surface area (Å²) in [6.45, 7) is 0. The number of hydrogen-bond acceptors (Lipinski definition) is 4. The van der Waals surface area contributed by atoms with Crippen molar-refractivity contribution in [3.05, 3.63) is 391 Å². The van der Waals surface area contributed by atoms with E-state index in [1.165, 1.54) is 174 Å². The lowest BCUT2D eigenvalue weighted by Crippen LogP contribution is -2.34. The minimum Gasteiger partial charge on any atom is -0.367 e. The molecule has 0 saturated heterocycles. The van der Waals surface area contributed by atoms with Crippen molar-refractivity contribution in [3.63, 3.8) is 0 Å². The van der Waals surface area contributed by atoms with E-state index in [0.29, 0.717) is 0 Å². The van der Waals surface area contributed by atoms with Gasteiger partial charge in [0.1, 0.15) is 12.1 Å². The molecule has 0 spiro atoms. The van der Waals surface area contributed by atoms with Crippen molar-refractivity contribution in [2.75, 3.05) is 19.6 Å². The Morgan fingerprint density at radius 1 is 0.210 bits per heavy atom. The molecule has 0 saturated carbocycles. The molecule has 0 aliphatic carbocycles. The fourth-order valence-electron chi connectivity index (χ4n) is 17.9. The second kappa shape index (κ2) is 22.3. The number of nitrogens with one attached hydrogen (secondary N) is 3. The van der Waals surface area contributed by atoms with E-state index in [0.717, 1.165) is 0 Å². The maximum absolute atomic E-state index is 3.53. The first-order valence-corrected chi connectivity index (χ1v) is 34.7. The Balaban J connectivity index is 0.0000000873. The molecule has 0 amide bonds. The van der Waals surface area contributed by atoms with Crippen LogP contribution in [0.25, 0.3) is 83.7 Å². The maximum atomic E-state index is 3.53. The van der Waals surface area contributed by atoms with Gasteiger partial charge in [-0.25, -0.2) is 0 Å². The Labute approximate surface area is 580 Å². The summed E-state index contributed by atoms with van der Waals surface area (Å²) in [5.74, 6) is 0. The first kappa shape index (κ1) is 56.2. The monoisotopic (exact) mass is 1280 g/mol. The number of benzene rings is 12. The molecule has 100 heavy (non-hydrogen) atoms. The Morgan fingerprint density at radius 2 is 0.550 bits per heavy atom. The van der Waals surface area contributed by atoms with Gasteiger partial charge < -0.3 is 39.1 Å². The van der Waals surface area contributed by atoms with Crippen LogP contribution in [0.5, 0.6) is 0 Å². The third-order valence-electron chi connectivity index (χ3n) is 21.9.